The molecule has 2 N–H and O–H groups in total. The van der Waals surface area contributed by atoms with Gasteiger partial charge in [-0.2, -0.15) is 4.98 Å². The Morgan fingerprint density at radius 3 is 2.79 bits per heavy atom. The van der Waals surface area contributed by atoms with Crippen LogP contribution < -0.4 is 15.1 Å². The largest absolute Gasteiger partial charge is 0.508 e. The fraction of sp³-hybridized carbons (Fsp3) is 0.345. The third-order valence-electron chi connectivity index (χ3n) is 7.42. The molecule has 2 aliphatic heterocycles. The van der Waals surface area contributed by atoms with Crippen molar-refractivity contribution >= 4 is 33.4 Å². The SMILES string of the molecule is C#Cc1c(F)ccc2cc(O)cc(-c3ncc4c(N(C)C[C@@H]5CCCN5)nc(N5CCOCC5)nc4c3F)c12. The van der Waals surface area contributed by atoms with Crippen LogP contribution in [-0.2, 0) is 4.74 Å². The Bertz CT molecular complexity index is 1610. The Morgan fingerprint density at radius 1 is 1.23 bits per heavy atom. The monoisotopic (exact) mass is 530 g/mol. The van der Waals surface area contributed by atoms with Crippen LogP contribution in [0, 0.1) is 24.0 Å². The quantitative estimate of drug-likeness (QED) is 0.377. The van der Waals surface area contributed by atoms with E-state index in [-0.39, 0.29) is 28.1 Å². The van der Waals surface area contributed by atoms with Crippen LogP contribution in [0.1, 0.15) is 18.4 Å². The smallest absolute Gasteiger partial charge is 0.228 e. The number of nitrogens with zero attached hydrogens (tertiary/aromatic N) is 5. The van der Waals surface area contributed by atoms with E-state index >= 15 is 4.39 Å². The van der Waals surface area contributed by atoms with Gasteiger partial charge in [-0.05, 0) is 43.0 Å². The number of anilines is 2. The highest BCUT2D eigenvalue weighted by Crippen LogP contribution is 2.38. The Hall–Kier alpha value is -4.07. The van der Waals surface area contributed by atoms with Crippen molar-refractivity contribution in [1.82, 2.24) is 20.3 Å². The zero-order chi connectivity index (χ0) is 27.1. The molecule has 10 heteroatoms. The minimum atomic E-state index is -0.697. The molecule has 0 amide bonds. The first-order chi connectivity index (χ1) is 18.9. The van der Waals surface area contributed by atoms with Crippen LogP contribution in [0.4, 0.5) is 20.5 Å². The van der Waals surface area contributed by atoms with Crippen molar-refractivity contribution in [3.63, 3.8) is 0 Å². The number of rotatable bonds is 5. The van der Waals surface area contributed by atoms with Gasteiger partial charge in [0.25, 0.3) is 0 Å². The van der Waals surface area contributed by atoms with Gasteiger partial charge in [0.1, 0.15) is 28.6 Å². The molecule has 39 heavy (non-hydrogen) atoms. The summed E-state index contributed by atoms with van der Waals surface area (Å²) in [5, 5.41) is 15.1. The summed E-state index contributed by atoms with van der Waals surface area (Å²) in [7, 11) is 1.93. The van der Waals surface area contributed by atoms with Gasteiger partial charge in [0.15, 0.2) is 5.82 Å². The number of pyridine rings is 1. The minimum Gasteiger partial charge on any atom is -0.508 e. The van der Waals surface area contributed by atoms with Crippen molar-refractivity contribution in [2.45, 2.75) is 18.9 Å². The Labute approximate surface area is 224 Å². The molecule has 2 aromatic heterocycles. The van der Waals surface area contributed by atoms with Crippen LogP contribution in [0.25, 0.3) is 32.9 Å². The molecule has 6 rings (SSSR count). The molecule has 2 aliphatic rings. The number of nitrogens with one attached hydrogen (secondary N) is 1. The normalized spacial score (nSPS) is 17.6. The lowest BCUT2D eigenvalue weighted by Crippen LogP contribution is -2.38. The minimum absolute atomic E-state index is 0.0232. The Balaban J connectivity index is 1.56. The van der Waals surface area contributed by atoms with E-state index < -0.39 is 11.6 Å². The number of likely N-dealkylation sites (N-methyl/N-ethyl adjacent to an activating group) is 1. The highest BCUT2D eigenvalue weighted by molar-refractivity contribution is 6.03. The zero-order valence-electron chi connectivity index (χ0n) is 21.5. The second-order valence-electron chi connectivity index (χ2n) is 9.96. The molecule has 0 radical (unpaired) electrons. The first-order valence-electron chi connectivity index (χ1n) is 13.0. The average Bonchev–Trinajstić information content (AvgIpc) is 3.46. The first kappa shape index (κ1) is 25.2. The van der Waals surface area contributed by atoms with Crippen molar-refractivity contribution in [3.05, 3.63) is 47.7 Å². The number of morpholine rings is 1. The van der Waals surface area contributed by atoms with E-state index in [4.69, 9.17) is 16.1 Å². The number of halogens is 2. The second-order valence-corrected chi connectivity index (χ2v) is 9.96. The summed E-state index contributed by atoms with van der Waals surface area (Å²) >= 11 is 0. The van der Waals surface area contributed by atoms with Gasteiger partial charge in [-0.3, -0.25) is 4.98 Å². The molecule has 0 unspecified atom stereocenters. The summed E-state index contributed by atoms with van der Waals surface area (Å²) in [6.45, 7) is 3.89. The Morgan fingerprint density at radius 2 is 2.05 bits per heavy atom. The summed E-state index contributed by atoms with van der Waals surface area (Å²) < 4.78 is 36.7. The van der Waals surface area contributed by atoms with Gasteiger partial charge in [0.05, 0.1) is 24.2 Å². The molecule has 4 aromatic rings. The third-order valence-corrected chi connectivity index (χ3v) is 7.42. The number of hydrogen-bond acceptors (Lipinski definition) is 8. The summed E-state index contributed by atoms with van der Waals surface area (Å²) in [6.07, 6.45) is 9.34. The van der Waals surface area contributed by atoms with Crippen molar-refractivity contribution in [3.8, 4) is 29.4 Å². The molecular formula is C29H28F2N6O2. The molecule has 1 atom stereocenters. The Kier molecular flexibility index (Phi) is 6.62. The van der Waals surface area contributed by atoms with Crippen LogP contribution in [-0.4, -0.2) is 72.5 Å². The number of hydrogen-bond donors (Lipinski definition) is 2. The number of phenols is 1. The highest BCUT2D eigenvalue weighted by atomic mass is 19.1. The van der Waals surface area contributed by atoms with E-state index in [2.05, 4.69) is 21.2 Å². The maximum absolute atomic E-state index is 16.5. The van der Waals surface area contributed by atoms with Crippen molar-refractivity contribution in [2.75, 3.05) is 56.2 Å². The van der Waals surface area contributed by atoms with Gasteiger partial charge < -0.3 is 25.0 Å². The fourth-order valence-corrected chi connectivity index (χ4v) is 5.50. The standard InChI is InChI=1S/C29H28F2N6O2/c1-3-20-23(30)7-6-17-13-19(38)14-21(24(17)20)26-25(31)27-22(15-33-26)28(36(2)16-18-5-4-8-32-18)35-29(34-27)37-9-11-39-12-10-37/h1,6-7,13-15,18,32,38H,4-5,8-12,16H2,2H3/t18-/m0/s1. The molecule has 8 nitrogen and oxygen atoms in total. The van der Waals surface area contributed by atoms with Gasteiger partial charge in [0, 0.05) is 49.9 Å². The van der Waals surface area contributed by atoms with E-state index in [1.165, 1.54) is 30.5 Å². The van der Waals surface area contributed by atoms with E-state index in [1.807, 2.05) is 16.8 Å². The predicted octanol–water partition coefficient (Wildman–Crippen LogP) is 3.83. The molecule has 200 valence electrons. The van der Waals surface area contributed by atoms with Crippen LogP contribution in [0.5, 0.6) is 5.75 Å². The van der Waals surface area contributed by atoms with Gasteiger partial charge in [-0.15, -0.1) is 6.42 Å². The number of benzene rings is 2. The van der Waals surface area contributed by atoms with Gasteiger partial charge in [-0.1, -0.05) is 12.0 Å². The number of fused-ring (bicyclic) bond motifs is 2. The molecular weight excluding hydrogens is 502 g/mol. The zero-order valence-corrected chi connectivity index (χ0v) is 21.5. The van der Waals surface area contributed by atoms with Crippen LogP contribution in [0.2, 0.25) is 0 Å². The number of phenolic OH excluding ortho intramolecular Hbond substituents is 1. The highest BCUT2D eigenvalue weighted by Gasteiger charge is 2.25. The van der Waals surface area contributed by atoms with Crippen LogP contribution in [0.15, 0.2) is 30.5 Å². The molecule has 0 aliphatic carbocycles. The molecule has 2 fully saturated rings. The van der Waals surface area contributed by atoms with E-state index in [1.54, 1.807) is 0 Å². The first-order valence-corrected chi connectivity index (χ1v) is 13.0. The number of aromatic hydroxyl groups is 1. The second kappa shape index (κ2) is 10.2. The van der Waals surface area contributed by atoms with Crippen LogP contribution >= 0.6 is 0 Å². The maximum Gasteiger partial charge on any atom is 0.228 e. The third kappa shape index (κ3) is 4.58. The molecule has 0 bridgehead atoms. The van der Waals surface area contributed by atoms with Gasteiger partial charge in [-0.25, -0.2) is 13.8 Å². The number of ether oxygens (including phenoxy) is 1. The summed E-state index contributed by atoms with van der Waals surface area (Å²) in [6, 6.07) is 5.84. The van der Waals surface area contributed by atoms with Crippen molar-refractivity contribution in [1.29, 1.82) is 0 Å². The lowest BCUT2D eigenvalue weighted by atomic mass is 9.96. The van der Waals surface area contributed by atoms with Crippen molar-refractivity contribution < 1.29 is 18.6 Å². The van der Waals surface area contributed by atoms with Crippen LogP contribution in [0.3, 0.4) is 0 Å². The summed E-state index contributed by atoms with van der Waals surface area (Å²) in [5.41, 5.74) is 0.175. The topological polar surface area (TPSA) is 86.6 Å². The summed E-state index contributed by atoms with van der Waals surface area (Å²) in [5.74, 6) is 1.92. The molecule has 4 heterocycles. The van der Waals surface area contributed by atoms with E-state index in [0.717, 1.165) is 19.4 Å². The fourth-order valence-electron chi connectivity index (χ4n) is 5.50. The number of aromatic nitrogens is 3. The molecule has 2 aromatic carbocycles. The van der Waals surface area contributed by atoms with Crippen molar-refractivity contribution in [2.24, 2.45) is 0 Å². The van der Waals surface area contributed by atoms with E-state index in [9.17, 15) is 9.50 Å². The molecule has 0 saturated carbocycles. The lowest BCUT2D eigenvalue weighted by molar-refractivity contribution is 0.122. The lowest BCUT2D eigenvalue weighted by Gasteiger charge is -2.29. The summed E-state index contributed by atoms with van der Waals surface area (Å²) in [4.78, 5) is 17.9. The molecule has 2 saturated heterocycles. The predicted molar refractivity (Wildman–Crippen MR) is 147 cm³/mol. The average molecular weight is 531 g/mol. The van der Waals surface area contributed by atoms with Gasteiger partial charge >= 0.3 is 0 Å². The van der Waals surface area contributed by atoms with Gasteiger partial charge in [0.2, 0.25) is 5.95 Å². The van der Waals surface area contributed by atoms with E-state index in [0.29, 0.717) is 66.8 Å². The molecule has 0 spiro atoms. The number of terminal acetylenes is 1. The maximum atomic E-state index is 16.5.